The van der Waals surface area contributed by atoms with Crippen molar-refractivity contribution in [3.8, 4) is 0 Å². The van der Waals surface area contributed by atoms with Gasteiger partial charge in [0, 0.05) is 38.6 Å². The van der Waals surface area contributed by atoms with Crippen LogP contribution in [0.5, 0.6) is 0 Å². The summed E-state index contributed by atoms with van der Waals surface area (Å²) in [4.78, 5) is 15.6. The normalized spacial score (nSPS) is 19.0. The zero-order chi connectivity index (χ0) is 10.6. The van der Waals surface area contributed by atoms with E-state index >= 15 is 0 Å². The maximum absolute atomic E-state index is 11.6. The Morgan fingerprint density at radius 3 is 2.21 bits per heavy atom. The van der Waals surface area contributed by atoms with Gasteiger partial charge in [-0.3, -0.25) is 9.69 Å². The second-order valence-corrected chi connectivity index (χ2v) is 4.03. The lowest BCUT2D eigenvalue weighted by molar-refractivity contribution is -0.136. The maximum Gasteiger partial charge on any atom is 0.225 e. The number of carbonyl (C=O) groups excluding carboxylic acids is 1. The SMILES string of the molecule is CC(C)C(=O)N1CCN(CC[O])CC1. The molecule has 1 aliphatic rings. The summed E-state index contributed by atoms with van der Waals surface area (Å²) in [6.45, 7) is 7.66. The van der Waals surface area contributed by atoms with Gasteiger partial charge in [0.05, 0.1) is 6.61 Å². The zero-order valence-electron chi connectivity index (χ0n) is 9.03. The Morgan fingerprint density at radius 1 is 1.21 bits per heavy atom. The van der Waals surface area contributed by atoms with Gasteiger partial charge in [0.1, 0.15) is 0 Å². The highest BCUT2D eigenvalue weighted by atomic mass is 16.3. The molecule has 1 aliphatic heterocycles. The van der Waals surface area contributed by atoms with Crippen LogP contribution in [-0.4, -0.2) is 55.0 Å². The van der Waals surface area contributed by atoms with Crippen molar-refractivity contribution in [2.24, 2.45) is 5.92 Å². The fourth-order valence-electron chi connectivity index (χ4n) is 1.69. The quantitative estimate of drug-likeness (QED) is 0.652. The van der Waals surface area contributed by atoms with E-state index in [1.165, 1.54) is 0 Å². The van der Waals surface area contributed by atoms with E-state index in [1.807, 2.05) is 18.7 Å². The Labute approximate surface area is 85.5 Å². The van der Waals surface area contributed by atoms with E-state index in [-0.39, 0.29) is 18.4 Å². The molecule has 0 saturated carbocycles. The summed E-state index contributed by atoms with van der Waals surface area (Å²) < 4.78 is 0. The Morgan fingerprint density at radius 2 is 1.79 bits per heavy atom. The first-order valence-corrected chi connectivity index (χ1v) is 5.24. The highest BCUT2D eigenvalue weighted by molar-refractivity contribution is 5.78. The molecule has 0 atom stereocenters. The van der Waals surface area contributed by atoms with Crippen LogP contribution >= 0.6 is 0 Å². The average molecular weight is 199 g/mol. The summed E-state index contributed by atoms with van der Waals surface area (Å²) in [5.74, 6) is 0.313. The van der Waals surface area contributed by atoms with Crippen molar-refractivity contribution in [2.75, 3.05) is 39.3 Å². The van der Waals surface area contributed by atoms with Crippen LogP contribution in [0.3, 0.4) is 0 Å². The smallest absolute Gasteiger partial charge is 0.225 e. The second kappa shape index (κ2) is 5.32. The average Bonchev–Trinajstić information content (AvgIpc) is 2.18. The lowest BCUT2D eigenvalue weighted by atomic mass is 10.1. The summed E-state index contributed by atoms with van der Waals surface area (Å²) >= 11 is 0. The molecule has 0 aromatic rings. The summed E-state index contributed by atoms with van der Waals surface area (Å²) in [5, 5.41) is 10.4. The standard InChI is InChI=1S/C10H19N2O2/c1-9(2)10(14)12-5-3-11(4-6-12)7-8-13/h9H,3-8H2,1-2H3. The van der Waals surface area contributed by atoms with Gasteiger partial charge in [-0.15, -0.1) is 0 Å². The first-order valence-electron chi connectivity index (χ1n) is 5.24. The third kappa shape index (κ3) is 2.96. The topological polar surface area (TPSA) is 43.5 Å². The van der Waals surface area contributed by atoms with Crippen LogP contribution in [0.1, 0.15) is 13.8 Å². The number of hydrogen-bond donors (Lipinski definition) is 0. The van der Waals surface area contributed by atoms with Gasteiger partial charge in [-0.2, -0.15) is 0 Å². The van der Waals surface area contributed by atoms with E-state index in [9.17, 15) is 9.90 Å². The zero-order valence-corrected chi connectivity index (χ0v) is 9.03. The van der Waals surface area contributed by atoms with Crippen molar-refractivity contribution >= 4 is 5.91 Å². The van der Waals surface area contributed by atoms with E-state index < -0.39 is 0 Å². The molecule has 0 aromatic heterocycles. The summed E-state index contributed by atoms with van der Waals surface area (Å²) in [6.07, 6.45) is 0. The van der Waals surface area contributed by atoms with E-state index in [1.54, 1.807) is 0 Å². The van der Waals surface area contributed by atoms with Crippen LogP contribution in [0.25, 0.3) is 0 Å². The molecule has 0 aliphatic carbocycles. The molecule has 1 amide bonds. The number of hydrogen-bond acceptors (Lipinski definition) is 2. The Bertz CT molecular complexity index is 187. The molecule has 81 valence electrons. The number of carbonyl (C=O) groups is 1. The molecule has 0 N–H and O–H groups in total. The van der Waals surface area contributed by atoms with Gasteiger partial charge in [0.2, 0.25) is 5.91 Å². The van der Waals surface area contributed by atoms with Crippen molar-refractivity contribution in [2.45, 2.75) is 13.8 Å². The molecule has 1 rings (SSSR count). The van der Waals surface area contributed by atoms with Crippen LogP contribution in [-0.2, 0) is 9.90 Å². The predicted molar refractivity (Wildman–Crippen MR) is 53.4 cm³/mol. The van der Waals surface area contributed by atoms with E-state index in [2.05, 4.69) is 4.90 Å². The molecule has 0 bridgehead atoms. The van der Waals surface area contributed by atoms with E-state index in [4.69, 9.17) is 0 Å². The van der Waals surface area contributed by atoms with Crippen LogP contribution in [0.4, 0.5) is 0 Å². The van der Waals surface area contributed by atoms with Crippen molar-refractivity contribution in [3.05, 3.63) is 0 Å². The van der Waals surface area contributed by atoms with Crippen LogP contribution in [0.15, 0.2) is 0 Å². The van der Waals surface area contributed by atoms with E-state index in [0.29, 0.717) is 6.54 Å². The number of nitrogens with zero attached hydrogens (tertiary/aromatic N) is 2. The maximum atomic E-state index is 11.6. The highest BCUT2D eigenvalue weighted by Crippen LogP contribution is 2.06. The Hall–Kier alpha value is -0.610. The van der Waals surface area contributed by atoms with Gasteiger partial charge in [0.25, 0.3) is 0 Å². The van der Waals surface area contributed by atoms with Gasteiger partial charge in [-0.05, 0) is 0 Å². The lowest BCUT2D eigenvalue weighted by Crippen LogP contribution is -2.50. The second-order valence-electron chi connectivity index (χ2n) is 4.03. The van der Waals surface area contributed by atoms with Gasteiger partial charge in [0.15, 0.2) is 0 Å². The molecule has 1 heterocycles. The Kier molecular flexibility index (Phi) is 4.35. The minimum Gasteiger partial charge on any atom is -0.340 e. The van der Waals surface area contributed by atoms with Crippen LogP contribution < -0.4 is 0 Å². The summed E-state index contributed by atoms with van der Waals surface area (Å²) in [7, 11) is 0. The third-order valence-corrected chi connectivity index (χ3v) is 2.59. The van der Waals surface area contributed by atoms with Crippen LogP contribution in [0.2, 0.25) is 0 Å². The highest BCUT2D eigenvalue weighted by Gasteiger charge is 2.22. The number of piperazine rings is 1. The lowest BCUT2D eigenvalue weighted by Gasteiger charge is -2.35. The first-order chi connectivity index (χ1) is 6.65. The van der Waals surface area contributed by atoms with Gasteiger partial charge >= 0.3 is 0 Å². The molecule has 1 saturated heterocycles. The number of rotatable bonds is 3. The minimum atomic E-state index is -0.0435. The summed E-state index contributed by atoms with van der Waals surface area (Å²) in [6, 6.07) is 0. The van der Waals surface area contributed by atoms with Crippen molar-refractivity contribution < 1.29 is 9.90 Å². The number of amides is 1. The predicted octanol–water partition coefficient (Wildman–Crippen LogP) is 0.217. The molecule has 1 fully saturated rings. The molecular formula is C10H19N2O2. The molecule has 4 heteroatoms. The van der Waals surface area contributed by atoms with Crippen molar-refractivity contribution in [3.63, 3.8) is 0 Å². The molecule has 1 radical (unpaired) electrons. The van der Waals surface area contributed by atoms with Crippen molar-refractivity contribution in [1.29, 1.82) is 0 Å². The molecular weight excluding hydrogens is 180 g/mol. The van der Waals surface area contributed by atoms with Gasteiger partial charge in [-0.1, -0.05) is 13.8 Å². The van der Waals surface area contributed by atoms with Gasteiger partial charge in [-0.25, -0.2) is 5.11 Å². The largest absolute Gasteiger partial charge is 0.340 e. The van der Waals surface area contributed by atoms with E-state index in [0.717, 1.165) is 26.2 Å². The van der Waals surface area contributed by atoms with Crippen LogP contribution in [0, 0.1) is 5.92 Å². The molecule has 0 spiro atoms. The fourth-order valence-corrected chi connectivity index (χ4v) is 1.69. The Balaban J connectivity index is 2.32. The third-order valence-electron chi connectivity index (χ3n) is 2.59. The molecule has 0 unspecified atom stereocenters. The molecule has 0 aromatic carbocycles. The first kappa shape index (κ1) is 11.5. The summed E-state index contributed by atoms with van der Waals surface area (Å²) in [5.41, 5.74) is 0. The monoisotopic (exact) mass is 199 g/mol. The van der Waals surface area contributed by atoms with Gasteiger partial charge < -0.3 is 4.90 Å². The molecule has 4 nitrogen and oxygen atoms in total. The minimum absolute atomic E-state index is 0.0435. The van der Waals surface area contributed by atoms with Crippen molar-refractivity contribution in [1.82, 2.24) is 9.80 Å². The fraction of sp³-hybridized carbons (Fsp3) is 0.900. The molecule has 14 heavy (non-hydrogen) atoms.